The number of aliphatic hydroxyl groups is 2. The number of H-pyrrole nitrogens is 1. The van der Waals surface area contributed by atoms with Crippen LogP contribution in [0.25, 0.3) is 22.3 Å². The number of rotatable bonds is 7. The number of ether oxygens (including phenoxy) is 1. The van der Waals surface area contributed by atoms with Crippen molar-refractivity contribution in [1.29, 1.82) is 0 Å². The van der Waals surface area contributed by atoms with E-state index in [4.69, 9.17) is 16.3 Å². The fourth-order valence-corrected chi connectivity index (χ4v) is 3.29. The monoisotopic (exact) mass is 461 g/mol. The Bertz CT molecular complexity index is 1270. The smallest absolute Gasteiger partial charge is 0.326 e. The molecule has 166 valence electrons. The molecule has 2 aromatic carbocycles. The minimum atomic E-state index is -0.931. The first-order chi connectivity index (χ1) is 15.4. The van der Waals surface area contributed by atoms with Gasteiger partial charge in [-0.1, -0.05) is 29.8 Å². The highest BCUT2D eigenvalue weighted by Gasteiger charge is 2.23. The molecule has 0 aliphatic carbocycles. The highest BCUT2D eigenvalue weighted by Crippen LogP contribution is 2.36. The topological polar surface area (TPSA) is 116 Å². The molecule has 4 aromatic rings. The Morgan fingerprint density at radius 2 is 1.97 bits per heavy atom. The summed E-state index contributed by atoms with van der Waals surface area (Å²) in [6.45, 7) is 1.10. The molecule has 0 saturated heterocycles. The van der Waals surface area contributed by atoms with Crippen LogP contribution in [0.2, 0.25) is 5.02 Å². The molecule has 0 aliphatic rings. The molecule has 0 aliphatic heterocycles. The number of nitrogens with one attached hydrogen (secondary N) is 2. The summed E-state index contributed by atoms with van der Waals surface area (Å²) >= 11 is 6.33. The van der Waals surface area contributed by atoms with Gasteiger partial charge in [0.2, 0.25) is 0 Å². The van der Waals surface area contributed by atoms with Crippen molar-refractivity contribution in [3.05, 3.63) is 59.1 Å². The SMILES string of the molecule is C[C@H](O)[C@@H](CO)Nc1nc(Oc2ccc(F)cc2F)nc2n[nH]c(-c3ccccc3Cl)c12. The van der Waals surface area contributed by atoms with Crippen LogP contribution in [0.5, 0.6) is 11.8 Å². The molecule has 0 fully saturated rings. The third-order valence-electron chi connectivity index (χ3n) is 4.73. The van der Waals surface area contributed by atoms with Crippen molar-refractivity contribution >= 4 is 28.5 Å². The van der Waals surface area contributed by atoms with Crippen LogP contribution in [0.3, 0.4) is 0 Å². The quantitative estimate of drug-likeness (QED) is 0.330. The molecule has 8 nitrogen and oxygen atoms in total. The second-order valence-electron chi connectivity index (χ2n) is 6.98. The zero-order valence-electron chi connectivity index (χ0n) is 16.7. The van der Waals surface area contributed by atoms with E-state index in [1.807, 2.05) is 0 Å². The van der Waals surface area contributed by atoms with Crippen molar-refractivity contribution in [2.45, 2.75) is 19.1 Å². The van der Waals surface area contributed by atoms with Gasteiger partial charge in [0.25, 0.3) is 0 Å². The van der Waals surface area contributed by atoms with Gasteiger partial charge in [0, 0.05) is 16.7 Å². The van der Waals surface area contributed by atoms with Gasteiger partial charge >= 0.3 is 6.01 Å². The Hall–Kier alpha value is -3.34. The lowest BCUT2D eigenvalue weighted by Gasteiger charge is -2.20. The number of benzene rings is 2. The van der Waals surface area contributed by atoms with Gasteiger partial charge in [0.1, 0.15) is 11.6 Å². The normalized spacial score (nSPS) is 13.2. The average molecular weight is 462 g/mol. The highest BCUT2D eigenvalue weighted by molar-refractivity contribution is 6.33. The molecule has 0 amide bonds. The molecule has 32 heavy (non-hydrogen) atoms. The average Bonchev–Trinajstić information content (AvgIpc) is 3.18. The number of fused-ring (bicyclic) bond motifs is 1. The molecule has 2 heterocycles. The van der Waals surface area contributed by atoms with Crippen molar-refractivity contribution in [2.75, 3.05) is 11.9 Å². The third kappa shape index (κ3) is 4.33. The zero-order chi connectivity index (χ0) is 22.8. The van der Waals surface area contributed by atoms with E-state index in [1.54, 1.807) is 24.3 Å². The van der Waals surface area contributed by atoms with Crippen LogP contribution >= 0.6 is 11.6 Å². The van der Waals surface area contributed by atoms with Crippen LogP contribution in [0.15, 0.2) is 42.5 Å². The Labute approximate surface area is 185 Å². The predicted molar refractivity (Wildman–Crippen MR) is 115 cm³/mol. The summed E-state index contributed by atoms with van der Waals surface area (Å²) < 4.78 is 32.7. The van der Waals surface area contributed by atoms with Gasteiger partial charge in [-0.2, -0.15) is 15.1 Å². The number of aliphatic hydroxyl groups excluding tert-OH is 2. The largest absolute Gasteiger partial charge is 0.421 e. The van der Waals surface area contributed by atoms with Crippen molar-refractivity contribution in [2.24, 2.45) is 0 Å². The Morgan fingerprint density at radius 1 is 1.19 bits per heavy atom. The van der Waals surface area contributed by atoms with Crippen molar-refractivity contribution in [3.8, 4) is 23.0 Å². The number of nitrogens with zero attached hydrogens (tertiary/aromatic N) is 3. The predicted octanol–water partition coefficient (Wildman–Crippen LogP) is 3.90. The van der Waals surface area contributed by atoms with Gasteiger partial charge in [-0.25, -0.2) is 8.78 Å². The Kier molecular flexibility index (Phi) is 6.17. The molecule has 2 aromatic heterocycles. The van der Waals surface area contributed by atoms with Crippen molar-refractivity contribution in [1.82, 2.24) is 20.2 Å². The number of halogens is 3. The third-order valence-corrected chi connectivity index (χ3v) is 5.06. The molecule has 0 spiro atoms. The highest BCUT2D eigenvalue weighted by atomic mass is 35.5. The van der Waals surface area contributed by atoms with Crippen molar-refractivity contribution < 1.29 is 23.7 Å². The summed E-state index contributed by atoms with van der Waals surface area (Å²) in [7, 11) is 0. The number of aromatic nitrogens is 4. The fraction of sp³-hybridized carbons (Fsp3) is 0.190. The molecule has 11 heteroatoms. The maximum atomic E-state index is 14.1. The van der Waals surface area contributed by atoms with Gasteiger partial charge in [-0.15, -0.1) is 0 Å². The van der Waals surface area contributed by atoms with Gasteiger partial charge in [0.05, 0.1) is 29.8 Å². The van der Waals surface area contributed by atoms with Crippen LogP contribution in [0.1, 0.15) is 6.92 Å². The fourth-order valence-electron chi connectivity index (χ4n) is 3.06. The standard InChI is InChI=1S/C21H18ClF2N5O3/c1-10(31)15(9-30)25-19-17-18(12-4-2-3-5-13(12)22)28-29-20(17)27-21(26-19)32-16-7-6-11(23)8-14(16)24/h2-8,10,15,30-31H,9H2,1H3,(H2,25,26,27,28,29)/t10-,15+/m0/s1. The maximum Gasteiger partial charge on any atom is 0.326 e. The molecule has 2 atom stereocenters. The summed E-state index contributed by atoms with van der Waals surface area (Å²) in [5.74, 6) is -1.81. The maximum absolute atomic E-state index is 14.1. The molecular weight excluding hydrogens is 444 g/mol. The van der Waals surface area contributed by atoms with Crippen LogP contribution in [0, 0.1) is 11.6 Å². The van der Waals surface area contributed by atoms with Crippen LogP contribution in [-0.4, -0.2) is 49.1 Å². The van der Waals surface area contributed by atoms with Gasteiger partial charge in [0.15, 0.2) is 17.2 Å². The van der Waals surface area contributed by atoms with E-state index in [-0.39, 0.29) is 23.2 Å². The summed E-state index contributed by atoms with van der Waals surface area (Å²) in [5, 5.41) is 30.5. The lowest BCUT2D eigenvalue weighted by molar-refractivity contribution is 0.132. The molecule has 0 bridgehead atoms. The van der Waals surface area contributed by atoms with Gasteiger partial charge in [-0.3, -0.25) is 5.10 Å². The number of hydrogen-bond acceptors (Lipinski definition) is 7. The molecule has 0 radical (unpaired) electrons. The lowest BCUT2D eigenvalue weighted by Crippen LogP contribution is -2.35. The van der Waals surface area contributed by atoms with Gasteiger partial charge in [-0.05, 0) is 25.1 Å². The van der Waals surface area contributed by atoms with E-state index >= 15 is 0 Å². The van der Waals surface area contributed by atoms with E-state index in [9.17, 15) is 19.0 Å². The second-order valence-corrected chi connectivity index (χ2v) is 7.39. The van der Waals surface area contributed by atoms with Gasteiger partial charge < -0.3 is 20.3 Å². The van der Waals surface area contributed by atoms with E-state index in [2.05, 4.69) is 25.5 Å². The Balaban J connectivity index is 1.85. The second kappa shape index (κ2) is 9.03. The van der Waals surface area contributed by atoms with Crippen LogP contribution in [0.4, 0.5) is 14.6 Å². The van der Waals surface area contributed by atoms with E-state index in [1.165, 1.54) is 6.92 Å². The molecule has 4 rings (SSSR count). The number of hydrogen-bond donors (Lipinski definition) is 4. The van der Waals surface area contributed by atoms with Crippen LogP contribution < -0.4 is 10.1 Å². The zero-order valence-corrected chi connectivity index (χ0v) is 17.4. The van der Waals surface area contributed by atoms with Crippen LogP contribution in [-0.2, 0) is 0 Å². The van der Waals surface area contributed by atoms with E-state index in [0.29, 0.717) is 27.7 Å². The van der Waals surface area contributed by atoms with Crippen molar-refractivity contribution in [3.63, 3.8) is 0 Å². The molecule has 4 N–H and O–H groups in total. The molecule has 0 unspecified atom stereocenters. The minimum Gasteiger partial charge on any atom is -0.421 e. The Morgan fingerprint density at radius 3 is 2.66 bits per heavy atom. The first kappa shape index (κ1) is 21.9. The van der Waals surface area contributed by atoms with E-state index < -0.39 is 30.4 Å². The molecular formula is C21H18ClF2N5O3. The van der Waals surface area contributed by atoms with E-state index in [0.717, 1.165) is 12.1 Å². The summed E-state index contributed by atoms with van der Waals surface area (Å²) in [6, 6.07) is 8.82. The lowest BCUT2D eigenvalue weighted by atomic mass is 10.1. The first-order valence-electron chi connectivity index (χ1n) is 9.56. The first-order valence-corrected chi connectivity index (χ1v) is 9.94. The number of aromatic amines is 1. The number of anilines is 1. The summed E-state index contributed by atoms with van der Waals surface area (Å²) in [6.07, 6.45) is -0.931. The summed E-state index contributed by atoms with van der Waals surface area (Å²) in [4.78, 5) is 8.49. The summed E-state index contributed by atoms with van der Waals surface area (Å²) in [5.41, 5.74) is 1.28. The minimum absolute atomic E-state index is 0.163. The molecule has 0 saturated carbocycles.